The lowest BCUT2D eigenvalue weighted by molar-refractivity contribution is -0.218. The Bertz CT molecular complexity index is 1100. The van der Waals surface area contributed by atoms with Crippen LogP contribution in [-0.4, -0.2) is 60.2 Å². The molecule has 10 heteroatoms. The minimum absolute atomic E-state index is 0.127. The molecule has 1 saturated heterocycles. The Kier molecular flexibility index (Phi) is 6.30. The van der Waals surface area contributed by atoms with E-state index in [1.165, 1.54) is 12.8 Å². The van der Waals surface area contributed by atoms with Crippen molar-refractivity contribution < 1.29 is 33.3 Å². The number of fused-ring (bicyclic) bond motifs is 3. The maximum atomic E-state index is 13.3. The van der Waals surface area contributed by atoms with Crippen LogP contribution in [0.3, 0.4) is 0 Å². The Morgan fingerprint density at radius 2 is 1.68 bits per heavy atom. The van der Waals surface area contributed by atoms with Crippen molar-refractivity contribution in [2.24, 2.45) is 16.3 Å². The van der Waals surface area contributed by atoms with Crippen molar-refractivity contribution in [1.82, 2.24) is 4.90 Å². The zero-order valence-corrected chi connectivity index (χ0v) is 23.8. The topological polar surface area (TPSA) is 95.9 Å². The number of halogens is 1. The molecule has 1 aromatic carbocycles. The number of carbonyl (C=O) groups is 2. The lowest BCUT2D eigenvalue weighted by Crippen LogP contribution is -2.67. The van der Waals surface area contributed by atoms with E-state index >= 15 is 0 Å². The monoisotopic (exact) mass is 578 g/mol. The fourth-order valence-corrected chi connectivity index (χ4v) is 5.52. The molecular formula is C27H35BrN2O7. The molecule has 1 aliphatic carbocycles. The summed E-state index contributed by atoms with van der Waals surface area (Å²) in [5.41, 5.74) is -2.27. The first-order valence-corrected chi connectivity index (χ1v) is 13.6. The zero-order valence-electron chi connectivity index (χ0n) is 22.3. The molecule has 2 atom stereocenters. The smallest absolute Gasteiger partial charge is 0.428 e. The van der Waals surface area contributed by atoms with Crippen molar-refractivity contribution in [2.75, 3.05) is 19.8 Å². The first kappa shape index (κ1) is 26.3. The zero-order chi connectivity index (χ0) is 26.8. The highest BCUT2D eigenvalue weighted by Crippen LogP contribution is 2.60. The fourth-order valence-electron chi connectivity index (χ4n) is 5.16. The Hall–Kier alpha value is -2.33. The van der Waals surface area contributed by atoms with E-state index in [2.05, 4.69) is 15.9 Å². The van der Waals surface area contributed by atoms with Gasteiger partial charge in [0.1, 0.15) is 35.2 Å². The molecule has 4 aliphatic rings. The van der Waals surface area contributed by atoms with Gasteiger partial charge >= 0.3 is 18.2 Å². The number of rotatable bonds is 2. The van der Waals surface area contributed by atoms with E-state index in [9.17, 15) is 9.59 Å². The first-order chi connectivity index (χ1) is 17.2. The third kappa shape index (κ3) is 4.82. The molecule has 3 heterocycles. The molecule has 5 rings (SSSR count). The maximum absolute atomic E-state index is 13.3. The highest BCUT2D eigenvalue weighted by molar-refractivity contribution is 9.10. The number of amidine groups is 1. The first-order valence-electron chi connectivity index (χ1n) is 12.8. The van der Waals surface area contributed by atoms with Gasteiger partial charge in [-0.05, 0) is 72.1 Å². The predicted molar refractivity (Wildman–Crippen MR) is 139 cm³/mol. The number of carbonyl (C=O) groups excluding carboxylic acids is 2. The van der Waals surface area contributed by atoms with Gasteiger partial charge in [0.25, 0.3) is 0 Å². The fraction of sp³-hybridized carbons (Fsp3) is 0.667. The number of hydrogen-bond acceptors (Lipinski definition) is 8. The normalized spacial score (nSPS) is 25.9. The summed E-state index contributed by atoms with van der Waals surface area (Å²) < 4.78 is 30.5. The van der Waals surface area contributed by atoms with Gasteiger partial charge in [-0.1, -0.05) is 28.8 Å². The third-order valence-corrected chi connectivity index (χ3v) is 7.59. The molecule has 9 nitrogen and oxygen atoms in total. The summed E-state index contributed by atoms with van der Waals surface area (Å²) in [5, 5.41) is 0. The molecule has 2 amide bonds. The Labute approximate surface area is 225 Å². The van der Waals surface area contributed by atoms with E-state index in [1.807, 2.05) is 18.2 Å². The van der Waals surface area contributed by atoms with Gasteiger partial charge in [-0.2, -0.15) is 0 Å². The summed E-state index contributed by atoms with van der Waals surface area (Å²) in [6.45, 7) is 11.4. The van der Waals surface area contributed by atoms with Gasteiger partial charge in [0.2, 0.25) is 0 Å². The second kappa shape index (κ2) is 8.86. The summed E-state index contributed by atoms with van der Waals surface area (Å²) in [6, 6.07) is 5.70. The van der Waals surface area contributed by atoms with Gasteiger partial charge < -0.3 is 23.7 Å². The van der Waals surface area contributed by atoms with Crippen LogP contribution in [0.5, 0.6) is 5.75 Å². The van der Waals surface area contributed by atoms with Gasteiger partial charge in [-0.15, -0.1) is 4.90 Å². The molecule has 1 aromatic rings. The van der Waals surface area contributed by atoms with Crippen LogP contribution < -0.4 is 4.74 Å². The molecule has 202 valence electrons. The van der Waals surface area contributed by atoms with Gasteiger partial charge in [0.05, 0.1) is 18.6 Å². The predicted octanol–water partition coefficient (Wildman–Crippen LogP) is 5.78. The van der Waals surface area contributed by atoms with Crippen molar-refractivity contribution in [3.8, 4) is 5.75 Å². The molecular weight excluding hydrogens is 544 g/mol. The van der Waals surface area contributed by atoms with Gasteiger partial charge in [0, 0.05) is 10.0 Å². The van der Waals surface area contributed by atoms with Crippen LogP contribution in [-0.2, 0) is 24.5 Å². The molecule has 0 aromatic heterocycles. The van der Waals surface area contributed by atoms with Crippen molar-refractivity contribution in [3.63, 3.8) is 0 Å². The largest absolute Gasteiger partial charge is 0.489 e. The quantitative estimate of drug-likeness (QED) is 0.438. The molecule has 1 saturated carbocycles. The van der Waals surface area contributed by atoms with Crippen LogP contribution in [0, 0.1) is 11.3 Å². The summed E-state index contributed by atoms with van der Waals surface area (Å²) in [6.07, 6.45) is 1.32. The van der Waals surface area contributed by atoms with Gasteiger partial charge in [-0.3, -0.25) is 0 Å². The Morgan fingerprint density at radius 1 is 1.05 bits per heavy atom. The van der Waals surface area contributed by atoms with Crippen LogP contribution in [0.25, 0.3) is 0 Å². The van der Waals surface area contributed by atoms with Crippen molar-refractivity contribution >= 4 is 34.1 Å². The van der Waals surface area contributed by atoms with Crippen LogP contribution in [0.1, 0.15) is 66.4 Å². The van der Waals surface area contributed by atoms with Crippen LogP contribution in [0.2, 0.25) is 0 Å². The summed E-state index contributed by atoms with van der Waals surface area (Å²) in [4.78, 5) is 32.4. The van der Waals surface area contributed by atoms with Crippen LogP contribution in [0.4, 0.5) is 9.59 Å². The van der Waals surface area contributed by atoms with E-state index in [0.29, 0.717) is 19.1 Å². The molecule has 2 unspecified atom stereocenters. The molecule has 2 spiro atoms. The van der Waals surface area contributed by atoms with E-state index in [1.54, 1.807) is 41.5 Å². The average Bonchev–Trinajstić information content (AvgIpc) is 3.43. The number of nitrogens with zero attached hydrogens (tertiary/aromatic N) is 2. The van der Waals surface area contributed by atoms with E-state index in [0.717, 1.165) is 27.1 Å². The Morgan fingerprint density at radius 3 is 2.19 bits per heavy atom. The number of hydrogen-bond donors (Lipinski definition) is 0. The Balaban J connectivity index is 1.61. The minimum Gasteiger partial charge on any atom is -0.489 e. The summed E-state index contributed by atoms with van der Waals surface area (Å²) in [7, 11) is 0. The average molecular weight is 579 g/mol. The van der Waals surface area contributed by atoms with Crippen molar-refractivity contribution in [2.45, 2.75) is 83.6 Å². The molecule has 0 radical (unpaired) electrons. The maximum Gasteiger partial charge on any atom is 0.428 e. The van der Waals surface area contributed by atoms with Crippen LogP contribution in [0.15, 0.2) is 27.7 Å². The molecule has 0 bridgehead atoms. The highest BCUT2D eigenvalue weighted by Gasteiger charge is 2.69. The van der Waals surface area contributed by atoms with Crippen molar-refractivity contribution in [3.05, 3.63) is 28.2 Å². The lowest BCUT2D eigenvalue weighted by Gasteiger charge is -2.57. The van der Waals surface area contributed by atoms with Gasteiger partial charge in [-0.25, -0.2) is 14.6 Å². The summed E-state index contributed by atoms with van der Waals surface area (Å²) >= 11 is 3.59. The lowest BCUT2D eigenvalue weighted by atomic mass is 9.59. The van der Waals surface area contributed by atoms with E-state index < -0.39 is 34.3 Å². The second-order valence-electron chi connectivity index (χ2n) is 12.4. The number of imide groups is 1. The number of benzene rings is 1. The van der Waals surface area contributed by atoms with E-state index in [4.69, 9.17) is 28.7 Å². The minimum atomic E-state index is -0.917. The van der Waals surface area contributed by atoms with Crippen molar-refractivity contribution in [1.29, 1.82) is 0 Å². The number of ether oxygens (including phenoxy) is 5. The van der Waals surface area contributed by atoms with E-state index in [-0.39, 0.29) is 18.7 Å². The molecule has 37 heavy (non-hydrogen) atoms. The SMILES string of the molecule is CC(C)(C)OC(=O)N(C(=O)OC(C)(C)C)C1=NC2(CO1)c1cc(Br)ccc1OC(CC1CC1)C21COC1. The summed E-state index contributed by atoms with van der Waals surface area (Å²) in [5.74, 6) is 1.34. The second-order valence-corrected chi connectivity index (χ2v) is 13.3. The molecule has 2 fully saturated rings. The third-order valence-electron chi connectivity index (χ3n) is 7.10. The van der Waals surface area contributed by atoms with Crippen LogP contribution >= 0.6 is 15.9 Å². The number of aliphatic imine (C=N–C) groups is 1. The molecule has 3 aliphatic heterocycles. The highest BCUT2D eigenvalue weighted by atomic mass is 79.9. The van der Waals surface area contributed by atoms with Gasteiger partial charge in [0.15, 0.2) is 0 Å². The molecule has 0 N–H and O–H groups in total. The number of amides is 2. The standard InChI is InChI=1S/C27H35BrN2O7/c1-24(2,3)36-22(31)30(23(32)37-25(4,5)6)21-29-27(15-34-21)18-12-17(28)9-10-19(18)35-20(11-16-7-8-16)26(27)13-33-14-26/h9-10,12,16,20H,7-8,11,13-15H2,1-6H3.